The lowest BCUT2D eigenvalue weighted by Gasteiger charge is -2.05. The number of rotatable bonds is 2. The van der Waals surface area contributed by atoms with Crippen molar-refractivity contribution in [3.05, 3.63) is 57.8 Å². The third-order valence-corrected chi connectivity index (χ3v) is 3.02. The van der Waals surface area contributed by atoms with Crippen LogP contribution in [0.1, 0.15) is 10.4 Å². The molecule has 0 atom stereocenters. The molecule has 0 radical (unpaired) electrons. The highest BCUT2D eigenvalue weighted by molar-refractivity contribution is 6.67. The molecule has 0 amide bonds. The Morgan fingerprint density at radius 3 is 2.06 bits per heavy atom. The maximum atomic E-state index is 13.6. The van der Waals surface area contributed by atoms with Gasteiger partial charge in [0.1, 0.15) is 5.82 Å². The molecule has 18 heavy (non-hydrogen) atoms. The van der Waals surface area contributed by atoms with Gasteiger partial charge in [0.15, 0.2) is 0 Å². The lowest BCUT2D eigenvalue weighted by molar-refractivity contribution is 0.107. The molecule has 0 saturated heterocycles. The number of hydrogen-bond acceptors (Lipinski definition) is 1. The van der Waals surface area contributed by atoms with Crippen molar-refractivity contribution in [2.45, 2.75) is 0 Å². The van der Waals surface area contributed by atoms with Gasteiger partial charge < -0.3 is 0 Å². The molecule has 2 aromatic carbocycles. The van der Waals surface area contributed by atoms with Gasteiger partial charge in [-0.15, -0.1) is 0 Å². The molecule has 0 fully saturated rings. The minimum Gasteiger partial charge on any atom is -0.275 e. The van der Waals surface area contributed by atoms with Crippen LogP contribution in [0.2, 0.25) is 10.0 Å². The molecule has 0 aliphatic rings. The zero-order valence-electron chi connectivity index (χ0n) is 8.88. The van der Waals surface area contributed by atoms with E-state index in [1.165, 1.54) is 12.1 Å². The smallest absolute Gasteiger partial charge is 0.255 e. The summed E-state index contributed by atoms with van der Waals surface area (Å²) < 4.78 is 13.6. The third kappa shape index (κ3) is 2.83. The lowest BCUT2D eigenvalue weighted by atomic mass is 10.0. The van der Waals surface area contributed by atoms with Gasteiger partial charge in [0.25, 0.3) is 5.24 Å². The van der Waals surface area contributed by atoms with Crippen molar-refractivity contribution in [2.75, 3.05) is 0 Å². The van der Waals surface area contributed by atoms with Crippen molar-refractivity contribution in [3.8, 4) is 11.1 Å². The highest BCUT2D eigenvalue weighted by Crippen LogP contribution is 2.28. The first-order valence-electron chi connectivity index (χ1n) is 4.93. The summed E-state index contributed by atoms with van der Waals surface area (Å²) in [6.07, 6.45) is 0. The van der Waals surface area contributed by atoms with Gasteiger partial charge in [0, 0.05) is 10.0 Å². The average molecular weight is 304 g/mol. The maximum absolute atomic E-state index is 13.6. The Labute approximate surface area is 118 Å². The summed E-state index contributed by atoms with van der Waals surface area (Å²) in [5, 5.41) is 0.0778. The first-order chi connectivity index (χ1) is 8.47. The molecule has 5 heteroatoms. The third-order valence-electron chi connectivity index (χ3n) is 2.38. The Hall–Kier alpha value is -1.09. The van der Waals surface area contributed by atoms with E-state index in [9.17, 15) is 9.18 Å². The van der Waals surface area contributed by atoms with Crippen LogP contribution in [-0.2, 0) is 0 Å². The first-order valence-corrected chi connectivity index (χ1v) is 6.06. The maximum Gasteiger partial charge on any atom is 0.255 e. The van der Waals surface area contributed by atoms with Crippen LogP contribution < -0.4 is 0 Å². The predicted octanol–water partition coefficient (Wildman–Crippen LogP) is 5.18. The van der Waals surface area contributed by atoms with E-state index in [-0.39, 0.29) is 5.56 Å². The zero-order chi connectivity index (χ0) is 13.3. The first kappa shape index (κ1) is 13.3. The summed E-state index contributed by atoms with van der Waals surface area (Å²) in [6, 6.07) is 9.03. The van der Waals surface area contributed by atoms with Crippen LogP contribution in [0.3, 0.4) is 0 Å². The van der Waals surface area contributed by atoms with Crippen LogP contribution >= 0.6 is 34.8 Å². The normalized spacial score (nSPS) is 10.4. The van der Waals surface area contributed by atoms with E-state index in [0.29, 0.717) is 21.2 Å². The Morgan fingerprint density at radius 2 is 1.56 bits per heavy atom. The van der Waals surface area contributed by atoms with Crippen LogP contribution in [0.25, 0.3) is 11.1 Å². The van der Waals surface area contributed by atoms with Crippen LogP contribution in [0, 0.1) is 5.82 Å². The molecular formula is C13H6Cl3FO. The molecule has 0 unspecified atom stereocenters. The summed E-state index contributed by atoms with van der Waals surface area (Å²) >= 11 is 17.0. The number of hydrogen-bond donors (Lipinski definition) is 0. The molecular weight excluding hydrogens is 297 g/mol. The second-order valence-corrected chi connectivity index (χ2v) is 4.84. The zero-order valence-corrected chi connectivity index (χ0v) is 11.2. The monoisotopic (exact) mass is 302 g/mol. The SMILES string of the molecule is O=C(Cl)c1ccc(-c2cc(Cl)cc(Cl)c2)cc1F. The van der Waals surface area contributed by atoms with E-state index in [1.807, 2.05) is 0 Å². The topological polar surface area (TPSA) is 17.1 Å². The molecule has 0 N–H and O–H groups in total. The largest absolute Gasteiger partial charge is 0.275 e. The summed E-state index contributed by atoms with van der Waals surface area (Å²) in [5.41, 5.74) is 1.08. The molecule has 0 saturated carbocycles. The molecule has 0 aliphatic heterocycles. The van der Waals surface area contributed by atoms with Gasteiger partial charge in [0.2, 0.25) is 0 Å². The number of carbonyl (C=O) groups is 1. The predicted molar refractivity (Wildman–Crippen MR) is 72.0 cm³/mol. The van der Waals surface area contributed by atoms with Gasteiger partial charge in [-0.3, -0.25) is 4.79 Å². The Kier molecular flexibility index (Phi) is 3.91. The quantitative estimate of drug-likeness (QED) is 0.699. The molecule has 0 spiro atoms. The van der Waals surface area contributed by atoms with Gasteiger partial charge in [-0.25, -0.2) is 4.39 Å². The fourth-order valence-corrected chi connectivity index (χ4v) is 2.25. The van der Waals surface area contributed by atoms with Crippen molar-refractivity contribution in [1.29, 1.82) is 0 Å². The molecule has 0 heterocycles. The molecule has 0 aliphatic carbocycles. The Balaban J connectivity index is 2.52. The van der Waals surface area contributed by atoms with Crippen molar-refractivity contribution >= 4 is 40.0 Å². The van der Waals surface area contributed by atoms with Crippen LogP contribution in [0.15, 0.2) is 36.4 Å². The van der Waals surface area contributed by atoms with E-state index >= 15 is 0 Å². The molecule has 0 bridgehead atoms. The van der Waals surface area contributed by atoms with Gasteiger partial charge >= 0.3 is 0 Å². The Morgan fingerprint density at radius 1 is 0.944 bits per heavy atom. The van der Waals surface area contributed by atoms with Crippen LogP contribution in [-0.4, -0.2) is 5.24 Å². The van der Waals surface area contributed by atoms with Crippen LogP contribution in [0.5, 0.6) is 0 Å². The van der Waals surface area contributed by atoms with Gasteiger partial charge in [-0.2, -0.15) is 0 Å². The molecule has 2 rings (SSSR count). The highest BCUT2D eigenvalue weighted by Gasteiger charge is 2.11. The Bertz CT molecular complexity index is 605. The van der Waals surface area contributed by atoms with Crippen molar-refractivity contribution < 1.29 is 9.18 Å². The molecule has 2 aromatic rings. The highest BCUT2D eigenvalue weighted by atomic mass is 35.5. The summed E-state index contributed by atoms with van der Waals surface area (Å²) in [5.74, 6) is -0.677. The second-order valence-electron chi connectivity index (χ2n) is 3.63. The van der Waals surface area contributed by atoms with E-state index in [2.05, 4.69) is 0 Å². The summed E-state index contributed by atoms with van der Waals surface area (Å²) in [6.45, 7) is 0. The standard InChI is InChI=1S/C13H6Cl3FO/c14-9-3-8(4-10(15)6-9)7-1-2-11(13(16)18)12(17)5-7/h1-6H. The van der Waals surface area contributed by atoms with Crippen molar-refractivity contribution in [3.63, 3.8) is 0 Å². The van der Waals surface area contributed by atoms with Crippen molar-refractivity contribution in [1.82, 2.24) is 0 Å². The summed E-state index contributed by atoms with van der Waals surface area (Å²) in [7, 11) is 0. The van der Waals surface area contributed by atoms with E-state index in [0.717, 1.165) is 0 Å². The van der Waals surface area contributed by atoms with E-state index in [4.69, 9.17) is 34.8 Å². The average Bonchev–Trinajstić information content (AvgIpc) is 2.26. The van der Waals surface area contributed by atoms with Crippen LogP contribution in [0.4, 0.5) is 4.39 Å². The minimum atomic E-state index is -0.830. The molecule has 92 valence electrons. The van der Waals surface area contributed by atoms with Gasteiger partial charge in [-0.05, 0) is 53.1 Å². The number of halogens is 4. The van der Waals surface area contributed by atoms with E-state index < -0.39 is 11.1 Å². The molecule has 1 nitrogen and oxygen atoms in total. The fourth-order valence-electron chi connectivity index (χ4n) is 1.57. The van der Waals surface area contributed by atoms with Gasteiger partial charge in [-0.1, -0.05) is 29.3 Å². The lowest BCUT2D eigenvalue weighted by Crippen LogP contribution is -1.94. The minimum absolute atomic E-state index is 0.159. The fraction of sp³-hybridized carbons (Fsp3) is 0. The number of carbonyl (C=O) groups excluding carboxylic acids is 1. The summed E-state index contributed by atoms with van der Waals surface area (Å²) in [4.78, 5) is 10.9. The second kappa shape index (κ2) is 5.27. The van der Waals surface area contributed by atoms with Crippen molar-refractivity contribution in [2.24, 2.45) is 0 Å². The van der Waals surface area contributed by atoms with E-state index in [1.54, 1.807) is 24.3 Å². The number of benzene rings is 2. The van der Waals surface area contributed by atoms with Gasteiger partial charge in [0.05, 0.1) is 5.56 Å². The molecule has 0 aromatic heterocycles.